The first kappa shape index (κ1) is 24.0. The molecule has 37 heavy (non-hydrogen) atoms. The van der Waals surface area contributed by atoms with Crippen molar-refractivity contribution >= 4 is 17.7 Å². The van der Waals surface area contributed by atoms with Crippen LogP contribution < -0.4 is 10.9 Å². The molecular weight excluding hydrogens is 504 g/mol. The number of ether oxygens (including phenoxy) is 2. The van der Waals surface area contributed by atoms with E-state index in [9.17, 15) is 19.1 Å². The maximum atomic E-state index is 15.0. The lowest BCUT2D eigenvalue weighted by Crippen LogP contribution is -2.62. The lowest BCUT2D eigenvalue weighted by Gasteiger charge is -2.44. The van der Waals surface area contributed by atoms with Crippen molar-refractivity contribution in [3.63, 3.8) is 0 Å². The first-order valence-corrected chi connectivity index (χ1v) is 12.7. The van der Waals surface area contributed by atoms with Gasteiger partial charge in [0.05, 0.1) is 31.6 Å². The first-order chi connectivity index (χ1) is 17.9. The number of aromatic hydroxyl groups is 1. The molecule has 0 bridgehead atoms. The largest absolute Gasteiger partial charge is 0.502 e. The summed E-state index contributed by atoms with van der Waals surface area (Å²) >= 11 is 1.41. The summed E-state index contributed by atoms with van der Waals surface area (Å²) in [4.78, 5) is 28.8. The minimum atomic E-state index is -1.05. The zero-order valence-electron chi connectivity index (χ0n) is 19.8. The molecule has 1 saturated heterocycles. The Morgan fingerprint density at radius 2 is 2.03 bits per heavy atom. The molecule has 6 rings (SSSR count). The first-order valence-electron chi connectivity index (χ1n) is 11.7. The van der Waals surface area contributed by atoms with Crippen molar-refractivity contribution in [3.05, 3.63) is 80.6 Å². The minimum Gasteiger partial charge on any atom is -0.502 e. The van der Waals surface area contributed by atoms with E-state index in [-0.39, 0.29) is 54.1 Å². The summed E-state index contributed by atoms with van der Waals surface area (Å²) in [5.41, 5.74) is 4.18. The lowest BCUT2D eigenvalue weighted by molar-refractivity contribution is -0.0767. The van der Waals surface area contributed by atoms with Crippen LogP contribution in [0.2, 0.25) is 0 Å². The molecule has 4 heterocycles. The van der Waals surface area contributed by atoms with Crippen LogP contribution in [-0.4, -0.2) is 59.7 Å². The third-order valence-corrected chi connectivity index (χ3v) is 8.12. The number of benzene rings is 2. The fraction of sp³-hybridized carbons (Fsp3) is 0.308. The topological polar surface area (TPSA) is 93.0 Å². The van der Waals surface area contributed by atoms with Gasteiger partial charge in [0.1, 0.15) is 6.17 Å². The zero-order valence-corrected chi connectivity index (χ0v) is 20.6. The van der Waals surface area contributed by atoms with Crippen LogP contribution in [-0.2, 0) is 21.6 Å². The van der Waals surface area contributed by atoms with Crippen LogP contribution in [0.3, 0.4) is 0 Å². The molecule has 0 spiro atoms. The SMILES string of the molecule is COCC1CN2C(=O)c3c(O)c(=O)cc(-c4cc(F)c(F)c5c4Cc4ccccc4SC5)n3N[C@@H]2CO1. The molecule has 1 amide bonds. The van der Waals surface area contributed by atoms with Gasteiger partial charge in [0, 0.05) is 35.0 Å². The third-order valence-electron chi connectivity index (χ3n) is 6.97. The molecule has 1 fully saturated rings. The zero-order chi connectivity index (χ0) is 25.8. The van der Waals surface area contributed by atoms with Gasteiger partial charge in [-0.1, -0.05) is 18.2 Å². The summed E-state index contributed by atoms with van der Waals surface area (Å²) in [6, 6.07) is 9.82. The van der Waals surface area contributed by atoms with Gasteiger partial charge in [-0.2, -0.15) is 0 Å². The van der Waals surface area contributed by atoms with Crippen molar-refractivity contribution in [1.29, 1.82) is 0 Å². The standard InChI is InChI=1S/C26H23F2N3O5S/c1-35-10-14-9-30-22(11-36-14)29-31-19(8-20(32)25(33)24(31)26(30)34)16-7-18(27)23(28)17-12-37-21-5-3-2-4-13(21)6-15(16)17/h2-5,7-8,14,22,29,33H,6,9-12H2,1H3/t14?,22-/m0/s1. The predicted molar refractivity (Wildman–Crippen MR) is 132 cm³/mol. The Bertz CT molecular complexity index is 1490. The van der Waals surface area contributed by atoms with Gasteiger partial charge in [0.15, 0.2) is 23.1 Å². The number of carbonyl (C=O) groups excluding carboxylic acids is 1. The Morgan fingerprint density at radius 3 is 2.84 bits per heavy atom. The van der Waals surface area contributed by atoms with Crippen molar-refractivity contribution in [2.75, 3.05) is 32.3 Å². The number of methoxy groups -OCH3 is 1. The summed E-state index contributed by atoms with van der Waals surface area (Å²) in [6.45, 7) is 0.595. The lowest BCUT2D eigenvalue weighted by atomic mass is 9.92. The van der Waals surface area contributed by atoms with Crippen molar-refractivity contribution in [1.82, 2.24) is 9.58 Å². The Kier molecular flexibility index (Phi) is 5.93. The molecule has 3 aromatic rings. The van der Waals surface area contributed by atoms with Crippen molar-refractivity contribution < 1.29 is 28.2 Å². The second kappa shape index (κ2) is 9.16. The molecule has 0 aliphatic carbocycles. The van der Waals surface area contributed by atoms with Crippen molar-refractivity contribution in [2.24, 2.45) is 0 Å². The van der Waals surface area contributed by atoms with E-state index in [0.29, 0.717) is 12.0 Å². The highest BCUT2D eigenvalue weighted by Gasteiger charge is 2.41. The van der Waals surface area contributed by atoms with Crippen LogP contribution in [0.25, 0.3) is 11.3 Å². The van der Waals surface area contributed by atoms with E-state index < -0.39 is 34.9 Å². The number of hydrogen-bond acceptors (Lipinski definition) is 7. The van der Waals surface area contributed by atoms with E-state index in [1.165, 1.54) is 28.4 Å². The number of pyridine rings is 1. The minimum absolute atomic E-state index is 0.130. The number of rotatable bonds is 3. The molecule has 3 aliphatic rings. The molecule has 8 nitrogen and oxygen atoms in total. The molecule has 0 radical (unpaired) electrons. The molecule has 1 unspecified atom stereocenters. The maximum Gasteiger partial charge on any atom is 0.278 e. The third kappa shape index (κ3) is 3.89. The average molecular weight is 528 g/mol. The maximum absolute atomic E-state index is 15.0. The van der Waals surface area contributed by atoms with Gasteiger partial charge in [0.25, 0.3) is 5.91 Å². The number of carbonyl (C=O) groups is 1. The highest BCUT2D eigenvalue weighted by Crippen LogP contribution is 2.40. The second-order valence-electron chi connectivity index (χ2n) is 9.19. The molecular formula is C26H23F2N3O5S. The van der Waals surface area contributed by atoms with E-state index >= 15 is 4.39 Å². The van der Waals surface area contributed by atoms with Crippen LogP contribution in [0.1, 0.15) is 27.2 Å². The van der Waals surface area contributed by atoms with Crippen LogP contribution in [0.15, 0.2) is 46.1 Å². The number of fused-ring (bicyclic) bond motifs is 4. The number of nitrogens with zero attached hydrogens (tertiary/aromatic N) is 2. The van der Waals surface area contributed by atoms with Crippen LogP contribution in [0.4, 0.5) is 8.78 Å². The van der Waals surface area contributed by atoms with Gasteiger partial charge in [-0.3, -0.25) is 9.59 Å². The number of hydrogen-bond donors (Lipinski definition) is 2. The Morgan fingerprint density at radius 1 is 1.22 bits per heavy atom. The Hall–Kier alpha value is -3.41. The van der Waals surface area contributed by atoms with Gasteiger partial charge in [0.2, 0.25) is 5.43 Å². The molecule has 1 aromatic heterocycles. The molecule has 192 valence electrons. The molecule has 11 heteroatoms. The van der Waals surface area contributed by atoms with Gasteiger partial charge in [-0.15, -0.1) is 11.8 Å². The Labute approximate surface area is 214 Å². The van der Waals surface area contributed by atoms with E-state index in [2.05, 4.69) is 5.43 Å². The predicted octanol–water partition coefficient (Wildman–Crippen LogP) is 3.07. The van der Waals surface area contributed by atoms with Crippen molar-refractivity contribution in [2.45, 2.75) is 29.3 Å². The van der Waals surface area contributed by atoms with E-state index in [1.54, 1.807) is 0 Å². The molecule has 3 aliphatic heterocycles. The van der Waals surface area contributed by atoms with Crippen LogP contribution in [0, 0.1) is 11.6 Å². The van der Waals surface area contributed by atoms with Crippen LogP contribution >= 0.6 is 11.8 Å². The molecule has 2 atom stereocenters. The monoisotopic (exact) mass is 527 g/mol. The summed E-state index contributed by atoms with van der Waals surface area (Å²) in [7, 11) is 1.53. The summed E-state index contributed by atoms with van der Waals surface area (Å²) < 4.78 is 42.2. The normalized spacial score (nSPS) is 20.3. The number of nitrogens with one attached hydrogen (secondary N) is 1. The smallest absolute Gasteiger partial charge is 0.278 e. The summed E-state index contributed by atoms with van der Waals surface area (Å²) in [6.07, 6.45) is -0.662. The molecule has 0 saturated carbocycles. The highest BCUT2D eigenvalue weighted by molar-refractivity contribution is 7.98. The summed E-state index contributed by atoms with van der Waals surface area (Å²) in [5.74, 6) is -3.07. The molecule has 2 N–H and O–H groups in total. The highest BCUT2D eigenvalue weighted by atomic mass is 32.2. The fourth-order valence-electron chi connectivity index (χ4n) is 5.18. The van der Waals surface area contributed by atoms with E-state index in [4.69, 9.17) is 9.47 Å². The molecule has 2 aromatic carbocycles. The Balaban J connectivity index is 1.54. The summed E-state index contributed by atoms with van der Waals surface area (Å²) in [5, 5.41) is 10.6. The van der Waals surface area contributed by atoms with Gasteiger partial charge in [-0.05, 0) is 29.7 Å². The number of morpholine rings is 1. The number of aromatic nitrogens is 1. The fourth-order valence-corrected chi connectivity index (χ4v) is 6.28. The van der Waals surface area contributed by atoms with Gasteiger partial charge < -0.3 is 24.9 Å². The van der Waals surface area contributed by atoms with Gasteiger partial charge >= 0.3 is 0 Å². The van der Waals surface area contributed by atoms with E-state index in [0.717, 1.165) is 22.6 Å². The number of amides is 1. The van der Waals surface area contributed by atoms with Gasteiger partial charge in [-0.25, -0.2) is 13.5 Å². The van der Waals surface area contributed by atoms with E-state index in [1.807, 2.05) is 24.3 Å². The van der Waals surface area contributed by atoms with Crippen molar-refractivity contribution in [3.8, 4) is 17.0 Å². The average Bonchev–Trinajstić information content (AvgIpc) is 3.09. The quantitative estimate of drug-likeness (QED) is 0.541. The van der Waals surface area contributed by atoms with Crippen LogP contribution in [0.5, 0.6) is 5.75 Å². The second-order valence-corrected chi connectivity index (χ2v) is 10.2. The number of thioether (sulfide) groups is 1. The number of halogens is 2.